The summed E-state index contributed by atoms with van der Waals surface area (Å²) in [6.07, 6.45) is 0.255. The van der Waals surface area contributed by atoms with Gasteiger partial charge in [0.25, 0.3) is 5.91 Å². The minimum absolute atomic E-state index is 0.0658. The molecule has 14 heteroatoms. The van der Waals surface area contributed by atoms with Crippen LogP contribution in [0.5, 0.6) is 0 Å². The van der Waals surface area contributed by atoms with Gasteiger partial charge in [0.2, 0.25) is 5.91 Å². The van der Waals surface area contributed by atoms with Crippen molar-refractivity contribution in [3.63, 3.8) is 0 Å². The molecule has 0 radical (unpaired) electrons. The van der Waals surface area contributed by atoms with E-state index in [1.54, 1.807) is 25.1 Å². The largest absolute Gasteiger partial charge is 0.416 e. The van der Waals surface area contributed by atoms with Crippen LogP contribution >= 0.6 is 8.60 Å². The van der Waals surface area contributed by atoms with Crippen molar-refractivity contribution in [2.75, 3.05) is 23.5 Å². The smallest absolute Gasteiger partial charge is 0.382 e. The van der Waals surface area contributed by atoms with E-state index in [0.717, 1.165) is 42.3 Å². The molecule has 0 spiro atoms. The first-order valence-electron chi connectivity index (χ1n) is 15.7. The predicted molar refractivity (Wildman–Crippen MR) is 172 cm³/mol. The third kappa shape index (κ3) is 8.15. The van der Waals surface area contributed by atoms with E-state index < -0.39 is 56.7 Å². The average Bonchev–Trinajstić information content (AvgIpc) is 3.55. The van der Waals surface area contributed by atoms with Gasteiger partial charge in [0.1, 0.15) is 5.82 Å². The molecule has 3 N–H and O–H groups in total. The van der Waals surface area contributed by atoms with E-state index in [1.807, 2.05) is 12.1 Å². The van der Waals surface area contributed by atoms with Gasteiger partial charge in [0, 0.05) is 24.0 Å². The van der Waals surface area contributed by atoms with E-state index in [9.17, 15) is 32.5 Å². The number of hydrogen-bond donors (Lipinski definition) is 3. The third-order valence-electron chi connectivity index (χ3n) is 9.03. The van der Waals surface area contributed by atoms with Gasteiger partial charge in [0.15, 0.2) is 6.73 Å². The Morgan fingerprint density at radius 2 is 1.69 bits per heavy atom. The van der Waals surface area contributed by atoms with E-state index in [0.29, 0.717) is 23.6 Å². The second-order valence-corrected chi connectivity index (χ2v) is 12.9. The highest BCUT2D eigenvalue weighted by molar-refractivity contribution is 7.39. The van der Waals surface area contributed by atoms with E-state index in [4.69, 9.17) is 4.89 Å². The number of halogens is 4. The van der Waals surface area contributed by atoms with Crippen LogP contribution in [0.2, 0.25) is 0 Å². The molecular weight excluding hydrogens is 653 g/mol. The summed E-state index contributed by atoms with van der Waals surface area (Å²) in [4.78, 5) is 54.3. The molecule has 3 aromatic rings. The first-order chi connectivity index (χ1) is 22.8. The number of carbonyl (C=O) groups excluding carboxylic acids is 2. The highest BCUT2D eigenvalue weighted by atomic mass is 31.2. The lowest BCUT2D eigenvalue weighted by atomic mass is 9.82. The lowest BCUT2D eigenvalue weighted by Gasteiger charge is -2.42. The van der Waals surface area contributed by atoms with Crippen LogP contribution in [-0.2, 0) is 20.5 Å². The number of rotatable bonds is 10. The third-order valence-corrected chi connectivity index (χ3v) is 9.27. The number of likely N-dealkylation sites (tertiary alicyclic amines) is 1. The lowest BCUT2D eigenvalue weighted by molar-refractivity contribution is -0.213. The summed E-state index contributed by atoms with van der Waals surface area (Å²) in [6.45, 7) is 2.32. The van der Waals surface area contributed by atoms with Gasteiger partial charge in [-0.1, -0.05) is 43.2 Å². The fourth-order valence-electron chi connectivity index (χ4n) is 6.70. The Balaban J connectivity index is 1.56. The highest BCUT2D eigenvalue weighted by Crippen LogP contribution is 2.41. The molecule has 2 atom stereocenters. The topological polar surface area (TPSA) is 112 Å². The molecule has 0 bridgehead atoms. The number of piperidine rings is 1. The zero-order valence-corrected chi connectivity index (χ0v) is 27.4. The molecule has 1 heterocycles. The lowest BCUT2D eigenvalue weighted by Crippen LogP contribution is -2.49. The Labute approximate surface area is 277 Å². The van der Waals surface area contributed by atoms with E-state index in [2.05, 4.69) is 9.99 Å². The number of anilines is 2. The fourth-order valence-corrected chi connectivity index (χ4v) is 6.84. The normalized spacial score (nSPS) is 18.7. The Bertz CT molecular complexity index is 1580. The van der Waals surface area contributed by atoms with Crippen LogP contribution in [0, 0.1) is 25.6 Å². The molecule has 0 unspecified atom stereocenters. The predicted octanol–water partition coefficient (Wildman–Crippen LogP) is 7.56. The maximum absolute atomic E-state index is 15.1. The standard InChI is InChI=1S/C34H38F4N3O6P/c1-21-12-17-26(19-28(21)34(36,37)38)41(20-46-47-48(44)45)32(42)27-10-6-18-40(33(43)30-22(2)7-5-11-29(30)35)31(27)23-13-15-25(16-14-23)39-24-8-3-4-9-24/h5,7,11-17,19,24,27,31,39,44-45H,3-4,6,8-10,18,20H2,1-2H3/t27-,31-/m0/s1. The summed E-state index contributed by atoms with van der Waals surface area (Å²) in [5.41, 5.74) is 0.522. The molecule has 1 saturated heterocycles. The van der Waals surface area contributed by atoms with Crippen molar-refractivity contribution in [2.45, 2.75) is 70.6 Å². The molecule has 1 aliphatic heterocycles. The zero-order chi connectivity index (χ0) is 34.6. The maximum atomic E-state index is 15.1. The van der Waals surface area contributed by atoms with Crippen LogP contribution in [0.1, 0.15) is 77.2 Å². The SMILES string of the molecule is Cc1ccc(N(COOP(O)O)C(=O)[C@H]2CCCN(C(=O)c3c(C)cccc3F)[C@H]2c2ccc(NC3CCCC3)cc2)cc1C(F)(F)F. The van der Waals surface area contributed by atoms with Crippen molar-refractivity contribution < 1.29 is 46.5 Å². The van der Waals surface area contributed by atoms with E-state index in [-0.39, 0.29) is 29.8 Å². The highest BCUT2D eigenvalue weighted by Gasteiger charge is 2.43. The van der Waals surface area contributed by atoms with Crippen LogP contribution in [0.3, 0.4) is 0 Å². The Kier molecular flexibility index (Phi) is 11.4. The number of carbonyl (C=O) groups is 2. The number of hydrogen-bond acceptors (Lipinski definition) is 7. The van der Waals surface area contributed by atoms with Crippen LogP contribution in [0.4, 0.5) is 28.9 Å². The zero-order valence-electron chi connectivity index (χ0n) is 26.5. The van der Waals surface area contributed by atoms with Crippen molar-refractivity contribution in [3.8, 4) is 0 Å². The minimum atomic E-state index is -4.72. The minimum Gasteiger partial charge on any atom is -0.382 e. The Hall–Kier alpha value is -3.61. The summed E-state index contributed by atoms with van der Waals surface area (Å²) in [6, 6.07) is 14.4. The second-order valence-electron chi connectivity index (χ2n) is 12.2. The summed E-state index contributed by atoms with van der Waals surface area (Å²) in [7, 11) is -3.00. The van der Waals surface area contributed by atoms with Crippen molar-refractivity contribution in [1.29, 1.82) is 0 Å². The molecule has 2 fully saturated rings. The summed E-state index contributed by atoms with van der Waals surface area (Å²) < 4.78 is 61.3. The van der Waals surface area contributed by atoms with Crippen molar-refractivity contribution in [3.05, 3.63) is 94.3 Å². The fraction of sp³-hybridized carbons (Fsp3) is 0.412. The van der Waals surface area contributed by atoms with Crippen molar-refractivity contribution >= 4 is 31.8 Å². The van der Waals surface area contributed by atoms with Gasteiger partial charge in [-0.2, -0.15) is 17.8 Å². The number of aryl methyl sites for hydroxylation is 2. The molecule has 9 nitrogen and oxygen atoms in total. The van der Waals surface area contributed by atoms with Crippen LogP contribution in [0.15, 0.2) is 60.7 Å². The molecule has 2 amide bonds. The maximum Gasteiger partial charge on any atom is 0.416 e. The van der Waals surface area contributed by atoms with E-state index in [1.165, 1.54) is 36.1 Å². The summed E-state index contributed by atoms with van der Waals surface area (Å²) in [5.74, 6) is -3.03. The van der Waals surface area contributed by atoms with Crippen LogP contribution < -0.4 is 10.2 Å². The van der Waals surface area contributed by atoms with Gasteiger partial charge in [-0.25, -0.2) is 9.28 Å². The number of benzene rings is 3. The molecule has 1 aliphatic carbocycles. The molecular formula is C34H38F4N3O6P. The number of amides is 2. The average molecular weight is 692 g/mol. The Morgan fingerprint density at radius 3 is 2.33 bits per heavy atom. The molecule has 2 aliphatic rings. The van der Waals surface area contributed by atoms with Gasteiger partial charge < -0.3 is 20.0 Å². The molecule has 0 aromatic heterocycles. The van der Waals surface area contributed by atoms with Gasteiger partial charge in [-0.05, 0) is 86.6 Å². The first-order valence-corrected chi connectivity index (χ1v) is 16.9. The summed E-state index contributed by atoms with van der Waals surface area (Å²) in [5, 5.41) is 3.51. The van der Waals surface area contributed by atoms with Crippen LogP contribution in [0.25, 0.3) is 0 Å². The van der Waals surface area contributed by atoms with Crippen LogP contribution in [-0.4, -0.2) is 45.8 Å². The van der Waals surface area contributed by atoms with Crippen molar-refractivity contribution in [2.24, 2.45) is 5.92 Å². The van der Waals surface area contributed by atoms with Gasteiger partial charge >= 0.3 is 14.8 Å². The van der Waals surface area contributed by atoms with Crippen molar-refractivity contribution in [1.82, 2.24) is 4.90 Å². The van der Waals surface area contributed by atoms with E-state index >= 15 is 4.39 Å². The summed E-state index contributed by atoms with van der Waals surface area (Å²) >= 11 is 0. The molecule has 5 rings (SSSR count). The molecule has 258 valence electrons. The molecule has 1 saturated carbocycles. The quantitative estimate of drug-likeness (QED) is 0.0662. The number of alkyl halides is 3. The van der Waals surface area contributed by atoms with Gasteiger partial charge in [0.05, 0.1) is 23.1 Å². The molecule has 3 aromatic carbocycles. The first kappa shape index (κ1) is 35.7. The molecule has 48 heavy (non-hydrogen) atoms. The van der Waals surface area contributed by atoms with Gasteiger partial charge in [-0.15, -0.1) is 0 Å². The van der Waals surface area contributed by atoms with Gasteiger partial charge in [-0.3, -0.25) is 14.5 Å². The number of nitrogens with one attached hydrogen (secondary N) is 1. The number of nitrogens with zero attached hydrogens (tertiary/aromatic N) is 2. The monoisotopic (exact) mass is 691 g/mol. The Morgan fingerprint density at radius 1 is 0.979 bits per heavy atom. The second kappa shape index (κ2) is 15.3.